The molecule has 0 bridgehead atoms. The van der Waals surface area contributed by atoms with Crippen molar-refractivity contribution in [2.45, 2.75) is 26.3 Å². The highest BCUT2D eigenvalue weighted by atomic mass is 32.2. The van der Waals surface area contributed by atoms with Gasteiger partial charge in [0.1, 0.15) is 9.84 Å². The highest BCUT2D eigenvalue weighted by Crippen LogP contribution is 2.13. The van der Waals surface area contributed by atoms with Crippen molar-refractivity contribution in [3.8, 4) is 0 Å². The van der Waals surface area contributed by atoms with E-state index in [1.54, 1.807) is 0 Å². The molecule has 0 unspecified atom stereocenters. The zero-order valence-corrected chi connectivity index (χ0v) is 13.7. The molecule has 0 atom stereocenters. The van der Waals surface area contributed by atoms with Crippen LogP contribution in [0.2, 0.25) is 0 Å². The molecule has 0 aromatic heterocycles. The maximum absolute atomic E-state index is 11.3. The first-order valence-corrected chi connectivity index (χ1v) is 8.89. The van der Waals surface area contributed by atoms with Crippen LogP contribution in [0.3, 0.4) is 0 Å². The Morgan fingerprint density at radius 2 is 1.75 bits per heavy atom. The fourth-order valence-corrected chi connectivity index (χ4v) is 2.41. The van der Waals surface area contributed by atoms with Gasteiger partial charge in [0.15, 0.2) is 0 Å². The summed E-state index contributed by atoms with van der Waals surface area (Å²) in [7, 11) is -2.92. The summed E-state index contributed by atoms with van der Waals surface area (Å²) in [5, 5.41) is 0. The highest BCUT2D eigenvalue weighted by molar-refractivity contribution is 7.90. The van der Waals surface area contributed by atoms with Crippen LogP contribution in [0, 0.1) is 0 Å². The number of hydrogen-bond acceptors (Lipinski definition) is 3. The molecule has 0 aliphatic heterocycles. The van der Waals surface area contributed by atoms with Crippen molar-refractivity contribution in [1.82, 2.24) is 4.90 Å². The van der Waals surface area contributed by atoms with Gasteiger partial charge in [0, 0.05) is 24.9 Å². The third kappa shape index (κ3) is 6.87. The highest BCUT2D eigenvalue weighted by Gasteiger charge is 2.21. The summed E-state index contributed by atoms with van der Waals surface area (Å²) in [5.74, 6) is 0.198. The standard InChI is InChI=1S/C16H25NO2S/c1-16(2,3)17(13-14-20(4,18)19)12-8-11-15-9-6-5-7-10-15/h5-11H,12-14H2,1-4H3/b11-8+. The lowest BCUT2D eigenvalue weighted by Gasteiger charge is -2.34. The topological polar surface area (TPSA) is 37.4 Å². The Kier molecular flexibility index (Phi) is 5.96. The molecular weight excluding hydrogens is 270 g/mol. The van der Waals surface area contributed by atoms with Gasteiger partial charge < -0.3 is 0 Å². The van der Waals surface area contributed by atoms with Gasteiger partial charge in [-0.1, -0.05) is 42.5 Å². The second-order valence-electron chi connectivity index (χ2n) is 6.06. The summed E-state index contributed by atoms with van der Waals surface area (Å²) in [4.78, 5) is 2.17. The predicted molar refractivity (Wildman–Crippen MR) is 86.5 cm³/mol. The Hall–Kier alpha value is -1.13. The van der Waals surface area contributed by atoms with E-state index in [4.69, 9.17) is 0 Å². The zero-order valence-electron chi connectivity index (χ0n) is 12.8. The Morgan fingerprint density at radius 1 is 1.15 bits per heavy atom. The monoisotopic (exact) mass is 295 g/mol. The predicted octanol–water partition coefficient (Wildman–Crippen LogP) is 2.84. The normalized spacial score (nSPS) is 13.2. The van der Waals surface area contributed by atoms with Gasteiger partial charge in [-0.15, -0.1) is 0 Å². The third-order valence-electron chi connectivity index (χ3n) is 3.12. The molecule has 3 nitrogen and oxygen atoms in total. The van der Waals surface area contributed by atoms with Crippen molar-refractivity contribution in [2.75, 3.05) is 25.1 Å². The van der Waals surface area contributed by atoms with E-state index in [9.17, 15) is 8.42 Å². The molecule has 0 saturated heterocycles. The lowest BCUT2D eigenvalue weighted by atomic mass is 10.1. The summed E-state index contributed by atoms with van der Waals surface area (Å²) in [6.45, 7) is 7.61. The fourth-order valence-electron chi connectivity index (χ4n) is 1.86. The van der Waals surface area contributed by atoms with Crippen molar-refractivity contribution in [3.63, 3.8) is 0 Å². The molecule has 0 heterocycles. The first-order chi connectivity index (χ1) is 9.18. The van der Waals surface area contributed by atoms with Crippen LogP contribution < -0.4 is 0 Å². The molecule has 0 N–H and O–H groups in total. The van der Waals surface area contributed by atoms with E-state index >= 15 is 0 Å². The van der Waals surface area contributed by atoms with Crippen LogP contribution in [0.4, 0.5) is 0 Å². The molecule has 0 spiro atoms. The lowest BCUT2D eigenvalue weighted by Crippen LogP contribution is -2.43. The van der Waals surface area contributed by atoms with E-state index in [-0.39, 0.29) is 11.3 Å². The summed E-state index contributed by atoms with van der Waals surface area (Å²) in [6.07, 6.45) is 5.44. The molecule has 0 radical (unpaired) electrons. The minimum Gasteiger partial charge on any atom is -0.294 e. The summed E-state index contributed by atoms with van der Waals surface area (Å²) in [6, 6.07) is 10.1. The van der Waals surface area contributed by atoms with Crippen molar-refractivity contribution in [3.05, 3.63) is 42.0 Å². The van der Waals surface area contributed by atoms with Gasteiger partial charge in [-0.3, -0.25) is 4.90 Å². The fraction of sp³-hybridized carbons (Fsp3) is 0.500. The van der Waals surface area contributed by atoms with Crippen LogP contribution in [0.5, 0.6) is 0 Å². The van der Waals surface area contributed by atoms with Crippen LogP contribution in [-0.4, -0.2) is 44.0 Å². The van der Waals surface area contributed by atoms with E-state index < -0.39 is 9.84 Å². The molecule has 0 aliphatic rings. The minimum absolute atomic E-state index is 0.0499. The molecule has 4 heteroatoms. The van der Waals surface area contributed by atoms with Crippen LogP contribution >= 0.6 is 0 Å². The number of benzene rings is 1. The molecule has 0 amide bonds. The Morgan fingerprint density at radius 3 is 2.25 bits per heavy atom. The van der Waals surface area contributed by atoms with Crippen molar-refractivity contribution < 1.29 is 8.42 Å². The molecule has 1 aromatic carbocycles. The van der Waals surface area contributed by atoms with Crippen molar-refractivity contribution in [2.24, 2.45) is 0 Å². The number of rotatable bonds is 6. The molecule has 1 aromatic rings. The molecule has 0 aliphatic carbocycles. The van der Waals surface area contributed by atoms with Gasteiger partial charge in [-0.2, -0.15) is 0 Å². The smallest absolute Gasteiger partial charge is 0.148 e. The second-order valence-corrected chi connectivity index (χ2v) is 8.32. The van der Waals surface area contributed by atoms with Crippen molar-refractivity contribution in [1.29, 1.82) is 0 Å². The molecular formula is C16H25NO2S. The Balaban J connectivity index is 2.64. The zero-order chi connectivity index (χ0) is 15.2. The average Bonchev–Trinajstić information content (AvgIpc) is 2.32. The van der Waals surface area contributed by atoms with E-state index in [1.807, 2.05) is 18.2 Å². The summed E-state index contributed by atoms with van der Waals surface area (Å²) < 4.78 is 22.6. The van der Waals surface area contributed by atoms with E-state index in [0.29, 0.717) is 6.54 Å². The van der Waals surface area contributed by atoms with Crippen LogP contribution in [-0.2, 0) is 9.84 Å². The largest absolute Gasteiger partial charge is 0.294 e. The lowest BCUT2D eigenvalue weighted by molar-refractivity contribution is 0.164. The number of hydrogen-bond donors (Lipinski definition) is 0. The molecule has 0 saturated carbocycles. The maximum atomic E-state index is 11.3. The minimum atomic E-state index is -2.92. The van der Waals surface area contributed by atoms with Crippen LogP contribution in [0.15, 0.2) is 36.4 Å². The van der Waals surface area contributed by atoms with E-state index in [2.05, 4.69) is 50.0 Å². The van der Waals surface area contributed by atoms with Gasteiger partial charge in [-0.05, 0) is 26.3 Å². The third-order valence-corrected chi connectivity index (χ3v) is 4.04. The van der Waals surface area contributed by atoms with Gasteiger partial charge in [0.25, 0.3) is 0 Å². The van der Waals surface area contributed by atoms with Crippen LogP contribution in [0.1, 0.15) is 26.3 Å². The number of nitrogens with zero attached hydrogens (tertiary/aromatic N) is 1. The Bertz CT molecular complexity index is 527. The average molecular weight is 295 g/mol. The van der Waals surface area contributed by atoms with E-state index in [0.717, 1.165) is 12.1 Å². The number of sulfone groups is 1. The Labute approximate surface area is 123 Å². The molecule has 0 fully saturated rings. The van der Waals surface area contributed by atoms with Gasteiger partial charge in [0.05, 0.1) is 5.75 Å². The summed E-state index contributed by atoms with van der Waals surface area (Å²) >= 11 is 0. The van der Waals surface area contributed by atoms with Gasteiger partial charge in [0.2, 0.25) is 0 Å². The quantitative estimate of drug-likeness (QED) is 0.810. The maximum Gasteiger partial charge on any atom is 0.148 e. The van der Waals surface area contributed by atoms with Gasteiger partial charge in [-0.25, -0.2) is 8.42 Å². The SMILES string of the molecule is CC(C)(C)N(C/C=C/c1ccccc1)CCS(C)(=O)=O. The first-order valence-electron chi connectivity index (χ1n) is 6.83. The van der Waals surface area contributed by atoms with Gasteiger partial charge >= 0.3 is 0 Å². The van der Waals surface area contributed by atoms with E-state index in [1.165, 1.54) is 6.26 Å². The molecule has 112 valence electrons. The molecule has 1 rings (SSSR count). The van der Waals surface area contributed by atoms with Crippen molar-refractivity contribution >= 4 is 15.9 Å². The second kappa shape index (κ2) is 7.04. The first kappa shape index (κ1) is 16.9. The molecule has 20 heavy (non-hydrogen) atoms. The summed E-state index contributed by atoms with van der Waals surface area (Å²) in [5.41, 5.74) is 1.11. The van der Waals surface area contributed by atoms with Crippen LogP contribution in [0.25, 0.3) is 6.08 Å².